The van der Waals surface area contributed by atoms with E-state index in [2.05, 4.69) is 25.7 Å². The van der Waals surface area contributed by atoms with Gasteiger partial charge >= 0.3 is 0 Å². The number of benzene rings is 1. The number of nitrogens with zero attached hydrogens (tertiary/aromatic N) is 4. The van der Waals surface area contributed by atoms with Crippen LogP contribution in [0, 0.1) is 0 Å². The van der Waals surface area contributed by atoms with Gasteiger partial charge in [0.2, 0.25) is 22.7 Å². The maximum atomic E-state index is 5.76. The quantitative estimate of drug-likeness (QED) is 0.529. The molecule has 0 aliphatic rings. The molecule has 3 aromatic rings. The highest BCUT2D eigenvalue weighted by atomic mass is 32.2. The van der Waals surface area contributed by atoms with E-state index in [0.717, 1.165) is 16.0 Å². The number of hydrogen-bond acceptors (Lipinski definition) is 11. The van der Waals surface area contributed by atoms with Crippen molar-refractivity contribution < 1.29 is 18.6 Å². The molecule has 0 atom stereocenters. The summed E-state index contributed by atoms with van der Waals surface area (Å²) in [5.41, 5.74) is 0.679. The molecule has 3 rings (SSSR count). The molecular formula is C16H19N5O4S2. The molecule has 11 heteroatoms. The lowest BCUT2D eigenvalue weighted by molar-refractivity contribution is 0.324. The molecule has 0 aliphatic heterocycles. The van der Waals surface area contributed by atoms with Gasteiger partial charge in [0.05, 0.1) is 27.1 Å². The number of ether oxygens (including phenoxy) is 3. The second-order valence-corrected chi connectivity index (χ2v) is 7.31. The number of rotatable bonds is 9. The van der Waals surface area contributed by atoms with Crippen LogP contribution in [0.15, 0.2) is 20.9 Å². The summed E-state index contributed by atoms with van der Waals surface area (Å²) in [6.07, 6.45) is 0. The van der Waals surface area contributed by atoms with Gasteiger partial charge in [-0.15, -0.1) is 20.4 Å². The van der Waals surface area contributed by atoms with Gasteiger partial charge in [0, 0.05) is 12.1 Å². The first kappa shape index (κ1) is 19.2. The van der Waals surface area contributed by atoms with E-state index in [1.54, 1.807) is 33.5 Å². The third-order valence-corrected chi connectivity index (χ3v) is 5.43. The number of hydrogen-bond donors (Lipinski definition) is 1. The van der Waals surface area contributed by atoms with Gasteiger partial charge in [-0.3, -0.25) is 0 Å². The van der Waals surface area contributed by atoms with Crippen LogP contribution in [0.1, 0.15) is 12.8 Å². The van der Waals surface area contributed by atoms with Crippen molar-refractivity contribution in [2.45, 2.75) is 17.0 Å². The molecule has 144 valence electrons. The van der Waals surface area contributed by atoms with Crippen molar-refractivity contribution in [1.29, 1.82) is 0 Å². The van der Waals surface area contributed by atoms with Crippen LogP contribution in [-0.2, 0) is 5.75 Å². The average Bonchev–Trinajstić information content (AvgIpc) is 3.35. The third-order valence-electron chi connectivity index (χ3n) is 3.43. The van der Waals surface area contributed by atoms with E-state index in [4.69, 9.17) is 18.6 Å². The Bertz CT molecular complexity index is 874. The monoisotopic (exact) mass is 409 g/mol. The highest BCUT2D eigenvalue weighted by Crippen LogP contribution is 2.41. The van der Waals surface area contributed by atoms with Crippen LogP contribution in [0.3, 0.4) is 0 Å². The Morgan fingerprint density at radius 1 is 1.04 bits per heavy atom. The van der Waals surface area contributed by atoms with Gasteiger partial charge in [-0.1, -0.05) is 23.1 Å². The second kappa shape index (κ2) is 8.91. The van der Waals surface area contributed by atoms with Crippen LogP contribution in [0.2, 0.25) is 0 Å². The fourth-order valence-electron chi connectivity index (χ4n) is 2.25. The lowest BCUT2D eigenvalue weighted by Crippen LogP contribution is -1.95. The number of thioether (sulfide) groups is 1. The van der Waals surface area contributed by atoms with E-state index in [1.807, 2.05) is 6.92 Å². The smallest absolute Gasteiger partial charge is 0.248 e. The summed E-state index contributed by atoms with van der Waals surface area (Å²) in [6, 6.07) is 3.53. The van der Waals surface area contributed by atoms with Gasteiger partial charge in [0.1, 0.15) is 0 Å². The third kappa shape index (κ3) is 4.42. The summed E-state index contributed by atoms with van der Waals surface area (Å²) in [5.74, 6) is 2.90. The van der Waals surface area contributed by atoms with Crippen molar-refractivity contribution in [3.8, 4) is 28.7 Å². The molecule has 0 unspecified atom stereocenters. The highest BCUT2D eigenvalue weighted by Gasteiger charge is 2.18. The maximum absolute atomic E-state index is 5.76. The van der Waals surface area contributed by atoms with Gasteiger partial charge in [0.25, 0.3) is 0 Å². The summed E-state index contributed by atoms with van der Waals surface area (Å²) >= 11 is 2.98. The molecule has 1 N–H and O–H groups in total. The Kier molecular flexibility index (Phi) is 6.35. The van der Waals surface area contributed by atoms with Gasteiger partial charge in [0.15, 0.2) is 15.8 Å². The zero-order chi connectivity index (χ0) is 19.2. The summed E-state index contributed by atoms with van der Waals surface area (Å²) in [5, 5.41) is 20.3. The zero-order valence-corrected chi connectivity index (χ0v) is 16.9. The minimum Gasteiger partial charge on any atom is -0.493 e. The van der Waals surface area contributed by atoms with Crippen LogP contribution >= 0.6 is 23.1 Å². The van der Waals surface area contributed by atoms with E-state index in [-0.39, 0.29) is 0 Å². The predicted octanol–water partition coefficient (Wildman–Crippen LogP) is 3.34. The second-order valence-electron chi connectivity index (χ2n) is 5.11. The summed E-state index contributed by atoms with van der Waals surface area (Å²) in [4.78, 5) is 0. The van der Waals surface area contributed by atoms with E-state index in [9.17, 15) is 0 Å². The van der Waals surface area contributed by atoms with Crippen LogP contribution in [0.25, 0.3) is 11.5 Å². The van der Waals surface area contributed by atoms with E-state index in [1.165, 1.54) is 23.1 Å². The average molecular weight is 409 g/mol. The van der Waals surface area contributed by atoms with Crippen molar-refractivity contribution in [3.63, 3.8) is 0 Å². The van der Waals surface area contributed by atoms with E-state index >= 15 is 0 Å². The Hall–Kier alpha value is -2.53. The van der Waals surface area contributed by atoms with E-state index < -0.39 is 0 Å². The fraction of sp³-hybridized carbons (Fsp3) is 0.375. The molecule has 0 bridgehead atoms. The molecule has 27 heavy (non-hydrogen) atoms. The zero-order valence-electron chi connectivity index (χ0n) is 15.3. The molecule has 0 fully saturated rings. The number of aromatic nitrogens is 4. The van der Waals surface area contributed by atoms with Crippen molar-refractivity contribution in [2.75, 3.05) is 33.2 Å². The first-order chi connectivity index (χ1) is 13.2. The Morgan fingerprint density at radius 2 is 1.78 bits per heavy atom. The lowest BCUT2D eigenvalue weighted by Gasteiger charge is -2.12. The molecule has 2 aromatic heterocycles. The van der Waals surface area contributed by atoms with Gasteiger partial charge in [-0.2, -0.15) is 0 Å². The van der Waals surface area contributed by atoms with Crippen LogP contribution in [-0.4, -0.2) is 48.3 Å². The predicted molar refractivity (Wildman–Crippen MR) is 103 cm³/mol. The van der Waals surface area contributed by atoms with E-state index in [0.29, 0.717) is 40.3 Å². The largest absolute Gasteiger partial charge is 0.493 e. The normalized spacial score (nSPS) is 10.7. The number of anilines is 1. The van der Waals surface area contributed by atoms with Crippen LogP contribution in [0.4, 0.5) is 5.13 Å². The fourth-order valence-corrected chi connectivity index (χ4v) is 3.90. The Morgan fingerprint density at radius 3 is 2.41 bits per heavy atom. The first-order valence-corrected chi connectivity index (χ1v) is 9.81. The SMILES string of the molecule is CCNc1nnc(SCc2nnc(-c3cc(OC)c(OC)c(OC)c3)o2)s1. The molecule has 0 radical (unpaired) electrons. The molecular weight excluding hydrogens is 390 g/mol. The lowest BCUT2D eigenvalue weighted by atomic mass is 10.2. The molecule has 0 saturated heterocycles. The standard InChI is InChI=1S/C16H19N5O4S2/c1-5-17-15-20-21-16(27-15)26-8-12-18-19-14(25-12)9-6-10(22-2)13(24-4)11(7-9)23-3/h6-7H,5,8H2,1-4H3,(H,17,20). The molecule has 2 heterocycles. The minimum absolute atomic E-state index is 0.371. The van der Waals surface area contributed by atoms with Gasteiger partial charge < -0.3 is 23.9 Å². The molecule has 1 aromatic carbocycles. The van der Waals surface area contributed by atoms with Crippen molar-refractivity contribution in [1.82, 2.24) is 20.4 Å². The maximum Gasteiger partial charge on any atom is 0.248 e. The van der Waals surface area contributed by atoms with Crippen molar-refractivity contribution >= 4 is 28.2 Å². The topological polar surface area (TPSA) is 104 Å². The Labute approximate surface area is 164 Å². The first-order valence-electron chi connectivity index (χ1n) is 8.01. The van der Waals surface area contributed by atoms with Crippen LogP contribution in [0.5, 0.6) is 17.2 Å². The number of nitrogens with one attached hydrogen (secondary N) is 1. The van der Waals surface area contributed by atoms with Crippen molar-refractivity contribution in [3.05, 3.63) is 18.0 Å². The molecule has 0 spiro atoms. The summed E-state index contributed by atoms with van der Waals surface area (Å²) in [7, 11) is 4.67. The van der Waals surface area contributed by atoms with Crippen LogP contribution < -0.4 is 19.5 Å². The molecule has 0 amide bonds. The summed E-state index contributed by atoms with van der Waals surface area (Å²) in [6.45, 7) is 2.82. The van der Waals surface area contributed by atoms with Gasteiger partial charge in [-0.25, -0.2) is 0 Å². The Balaban J connectivity index is 1.75. The summed E-state index contributed by atoms with van der Waals surface area (Å²) < 4.78 is 22.6. The number of methoxy groups -OCH3 is 3. The van der Waals surface area contributed by atoms with Crippen molar-refractivity contribution in [2.24, 2.45) is 0 Å². The van der Waals surface area contributed by atoms with Gasteiger partial charge in [-0.05, 0) is 19.1 Å². The minimum atomic E-state index is 0.371. The molecule has 0 saturated carbocycles. The highest BCUT2D eigenvalue weighted by molar-refractivity contribution is 8.00. The molecule has 9 nitrogen and oxygen atoms in total. The molecule has 0 aliphatic carbocycles.